The van der Waals surface area contributed by atoms with E-state index in [1.54, 1.807) is 0 Å². The van der Waals surface area contributed by atoms with Gasteiger partial charge in [0.2, 0.25) is 5.91 Å². The number of aliphatic carboxylic acids is 1. The Kier molecular flexibility index (Phi) is 1.98. The summed E-state index contributed by atoms with van der Waals surface area (Å²) in [5, 5.41) is 9.10. The molecule has 1 N–H and O–H groups in total. The maximum atomic E-state index is 12.4. The van der Waals surface area contributed by atoms with E-state index in [4.69, 9.17) is 5.11 Å². The molecular weight excluding hydrogens is 218 g/mol. The summed E-state index contributed by atoms with van der Waals surface area (Å²) in [5.41, 5.74) is -0.380. The molecule has 0 aromatic carbocycles. The first kappa shape index (κ1) is 10.8. The predicted molar refractivity (Wildman–Crippen MR) is 61.1 cm³/mol. The molecule has 0 unspecified atom stereocenters. The van der Waals surface area contributed by atoms with Gasteiger partial charge in [0.25, 0.3) is 0 Å². The second-order valence-corrected chi connectivity index (χ2v) is 6.05. The van der Waals surface area contributed by atoms with Crippen LogP contribution in [0.4, 0.5) is 0 Å². The average molecular weight is 235 g/mol. The van der Waals surface area contributed by atoms with Crippen LogP contribution in [0.1, 0.15) is 20.3 Å². The molecule has 4 nitrogen and oxygen atoms in total. The fourth-order valence-electron chi connectivity index (χ4n) is 3.50. The van der Waals surface area contributed by atoms with Crippen molar-refractivity contribution >= 4 is 11.9 Å². The highest BCUT2D eigenvalue weighted by Crippen LogP contribution is 2.59. The Labute approximate surface area is 100 Å². The van der Waals surface area contributed by atoms with Gasteiger partial charge in [-0.05, 0) is 17.8 Å². The summed E-state index contributed by atoms with van der Waals surface area (Å²) >= 11 is 0. The summed E-state index contributed by atoms with van der Waals surface area (Å²) in [6, 6.07) is 0.221. The molecule has 1 saturated heterocycles. The Bertz CT molecular complexity index is 426. The maximum absolute atomic E-state index is 12.4. The molecule has 1 saturated carbocycles. The van der Waals surface area contributed by atoms with Crippen LogP contribution in [0.25, 0.3) is 0 Å². The van der Waals surface area contributed by atoms with Crippen LogP contribution in [0.2, 0.25) is 0 Å². The van der Waals surface area contributed by atoms with Crippen molar-refractivity contribution in [1.82, 2.24) is 4.90 Å². The number of hydrogen-bond acceptors (Lipinski definition) is 2. The number of amides is 1. The largest absolute Gasteiger partial charge is 0.481 e. The van der Waals surface area contributed by atoms with Gasteiger partial charge in [-0.2, -0.15) is 0 Å². The van der Waals surface area contributed by atoms with Crippen molar-refractivity contribution in [3.63, 3.8) is 0 Å². The molecule has 3 rings (SSSR count). The normalized spacial score (nSPS) is 40.7. The topological polar surface area (TPSA) is 57.6 Å². The van der Waals surface area contributed by atoms with Gasteiger partial charge >= 0.3 is 5.97 Å². The van der Waals surface area contributed by atoms with Gasteiger partial charge in [-0.1, -0.05) is 26.0 Å². The smallest absolute Gasteiger partial charge is 0.307 e. The van der Waals surface area contributed by atoms with Crippen LogP contribution in [-0.2, 0) is 9.59 Å². The summed E-state index contributed by atoms with van der Waals surface area (Å²) in [6.45, 7) is 4.52. The van der Waals surface area contributed by atoms with Crippen molar-refractivity contribution in [3.8, 4) is 0 Å². The lowest BCUT2D eigenvalue weighted by Crippen LogP contribution is -2.38. The third-order valence-electron chi connectivity index (χ3n) is 4.62. The van der Waals surface area contributed by atoms with Crippen LogP contribution in [0.3, 0.4) is 0 Å². The molecule has 4 atom stereocenters. The van der Waals surface area contributed by atoms with E-state index < -0.39 is 11.9 Å². The number of carboxylic acid groups (broad SMARTS) is 1. The van der Waals surface area contributed by atoms with Crippen LogP contribution >= 0.6 is 0 Å². The first-order valence-electron chi connectivity index (χ1n) is 6.14. The Balaban J connectivity index is 1.77. The van der Waals surface area contributed by atoms with Gasteiger partial charge in [0.1, 0.15) is 0 Å². The molecule has 0 aromatic rings. The Morgan fingerprint density at radius 3 is 2.41 bits per heavy atom. The van der Waals surface area contributed by atoms with E-state index in [2.05, 4.69) is 12.2 Å². The van der Waals surface area contributed by atoms with Crippen LogP contribution in [0.15, 0.2) is 12.2 Å². The van der Waals surface area contributed by atoms with Gasteiger partial charge in [0.15, 0.2) is 0 Å². The number of carbonyl (C=O) groups is 2. The molecule has 1 amide bonds. The lowest BCUT2D eigenvalue weighted by molar-refractivity contribution is -0.142. The molecule has 1 heterocycles. The quantitative estimate of drug-likeness (QED) is 0.730. The fraction of sp³-hybridized carbons (Fsp3) is 0.692. The minimum Gasteiger partial charge on any atom is -0.481 e. The van der Waals surface area contributed by atoms with E-state index in [1.165, 1.54) is 0 Å². The minimum atomic E-state index is -0.840. The second-order valence-electron chi connectivity index (χ2n) is 6.05. The molecule has 2 bridgehead atoms. The van der Waals surface area contributed by atoms with Crippen LogP contribution in [0, 0.1) is 23.2 Å². The van der Waals surface area contributed by atoms with Crippen molar-refractivity contribution in [3.05, 3.63) is 12.2 Å². The van der Waals surface area contributed by atoms with Gasteiger partial charge in [0, 0.05) is 6.54 Å². The number of carboxylic acids is 1. The van der Waals surface area contributed by atoms with Crippen molar-refractivity contribution < 1.29 is 14.7 Å². The molecule has 0 aromatic heterocycles. The molecule has 1 aliphatic heterocycles. The Hall–Kier alpha value is -1.32. The van der Waals surface area contributed by atoms with Gasteiger partial charge in [0.05, 0.1) is 17.9 Å². The molecular formula is C13H17NO3. The van der Waals surface area contributed by atoms with Gasteiger partial charge in [-0.3, -0.25) is 9.59 Å². The summed E-state index contributed by atoms with van der Waals surface area (Å²) in [4.78, 5) is 25.3. The molecule has 17 heavy (non-hydrogen) atoms. The number of hydrogen-bond donors (Lipinski definition) is 1. The number of nitrogens with zero attached hydrogens (tertiary/aromatic N) is 1. The first-order chi connectivity index (χ1) is 7.93. The average Bonchev–Trinajstić information content (AvgIpc) is 2.67. The molecule has 4 heteroatoms. The molecule has 3 aliphatic rings. The summed E-state index contributed by atoms with van der Waals surface area (Å²) in [6.07, 6.45) is 5.27. The lowest BCUT2D eigenvalue weighted by Gasteiger charge is -2.24. The van der Waals surface area contributed by atoms with Crippen LogP contribution in [0.5, 0.6) is 0 Å². The summed E-state index contributed by atoms with van der Waals surface area (Å²) in [5.74, 6) is -1.13. The van der Waals surface area contributed by atoms with E-state index in [-0.39, 0.29) is 23.3 Å². The lowest BCUT2D eigenvalue weighted by atomic mass is 10.1. The number of fused-ring (bicyclic) bond motifs is 2. The number of rotatable bonds is 2. The highest BCUT2D eigenvalue weighted by molar-refractivity contribution is 5.92. The SMILES string of the molecule is CC1(C)[C@H](C(=O)O)[C@H]1C(=O)N1C[C@H]2C=C[C@H]1C2. The summed E-state index contributed by atoms with van der Waals surface area (Å²) < 4.78 is 0. The first-order valence-corrected chi connectivity index (χ1v) is 6.14. The monoisotopic (exact) mass is 235 g/mol. The number of carbonyl (C=O) groups excluding carboxylic acids is 1. The zero-order chi connectivity index (χ0) is 12.4. The summed E-state index contributed by atoms with van der Waals surface area (Å²) in [7, 11) is 0. The fourth-order valence-corrected chi connectivity index (χ4v) is 3.50. The van der Waals surface area contributed by atoms with E-state index >= 15 is 0 Å². The van der Waals surface area contributed by atoms with E-state index in [1.807, 2.05) is 18.7 Å². The highest BCUT2D eigenvalue weighted by Gasteiger charge is 2.67. The van der Waals surface area contributed by atoms with E-state index in [9.17, 15) is 9.59 Å². The van der Waals surface area contributed by atoms with E-state index in [0.29, 0.717) is 5.92 Å². The molecule has 92 valence electrons. The Morgan fingerprint density at radius 1 is 1.29 bits per heavy atom. The predicted octanol–water partition coefficient (Wildman–Crippen LogP) is 1.13. The highest BCUT2D eigenvalue weighted by atomic mass is 16.4. The number of likely N-dealkylation sites (tertiary alicyclic amines) is 1. The van der Waals surface area contributed by atoms with Crippen molar-refractivity contribution in [2.45, 2.75) is 26.3 Å². The van der Waals surface area contributed by atoms with Gasteiger partial charge in [-0.25, -0.2) is 0 Å². The molecule has 0 radical (unpaired) electrons. The third-order valence-corrected chi connectivity index (χ3v) is 4.62. The zero-order valence-corrected chi connectivity index (χ0v) is 10.1. The van der Waals surface area contributed by atoms with Crippen LogP contribution < -0.4 is 0 Å². The van der Waals surface area contributed by atoms with Gasteiger partial charge < -0.3 is 10.0 Å². The third kappa shape index (κ3) is 1.36. The van der Waals surface area contributed by atoms with Crippen LogP contribution in [-0.4, -0.2) is 34.5 Å². The van der Waals surface area contributed by atoms with Crippen molar-refractivity contribution in [2.24, 2.45) is 23.2 Å². The van der Waals surface area contributed by atoms with Crippen molar-refractivity contribution in [2.75, 3.05) is 6.54 Å². The molecule has 0 spiro atoms. The maximum Gasteiger partial charge on any atom is 0.307 e. The zero-order valence-electron chi connectivity index (χ0n) is 10.1. The molecule has 2 aliphatic carbocycles. The van der Waals surface area contributed by atoms with Crippen molar-refractivity contribution in [1.29, 1.82) is 0 Å². The standard InChI is InChI=1S/C13H17NO3/c1-13(2)9(10(13)12(16)17)11(15)14-6-7-3-4-8(14)5-7/h3-4,7-10H,5-6H2,1-2H3,(H,16,17)/t7-,8-,9-,10-/m0/s1. The minimum absolute atomic E-state index is 0.0410. The van der Waals surface area contributed by atoms with E-state index in [0.717, 1.165) is 13.0 Å². The molecule has 2 fully saturated rings. The Morgan fingerprint density at radius 2 is 2.00 bits per heavy atom. The second kappa shape index (κ2) is 3.12. The van der Waals surface area contributed by atoms with Gasteiger partial charge in [-0.15, -0.1) is 0 Å².